The Morgan fingerprint density at radius 1 is 1.30 bits per heavy atom. The number of piperidine rings is 1. The molecule has 2 saturated heterocycles. The zero-order valence-corrected chi connectivity index (χ0v) is 21.9. The fourth-order valence-corrected chi connectivity index (χ4v) is 7.98. The smallest absolute Gasteiger partial charge is 0.266 e. The first-order chi connectivity index (χ1) is 17.9. The van der Waals surface area contributed by atoms with Crippen molar-refractivity contribution in [3.63, 3.8) is 0 Å². The molecule has 4 heterocycles. The highest BCUT2D eigenvalue weighted by Gasteiger charge is 2.50. The zero-order valence-electron chi connectivity index (χ0n) is 21.0. The highest BCUT2D eigenvalue weighted by molar-refractivity contribution is 8.01. The SMILES string of the molecule is C=C(c1cccc(C#N)c1)c1n[nH]c2nc(N3CCC4(CC3)S[C@@H](C3CCCC3)N[C@@H]4N)n(C)c(=O)c12. The number of nitriles is 1. The molecule has 0 bridgehead atoms. The molecule has 3 fully saturated rings. The van der Waals surface area contributed by atoms with E-state index in [2.05, 4.69) is 44.8 Å². The molecule has 1 spiro atoms. The molecule has 1 aliphatic carbocycles. The van der Waals surface area contributed by atoms with Gasteiger partial charge in [0, 0.05) is 30.5 Å². The molecule has 0 amide bonds. The summed E-state index contributed by atoms with van der Waals surface area (Å²) in [5.74, 6) is 1.36. The maximum Gasteiger partial charge on any atom is 0.266 e. The van der Waals surface area contributed by atoms with E-state index in [1.807, 2.05) is 6.07 Å². The van der Waals surface area contributed by atoms with Crippen LogP contribution in [0, 0.1) is 17.2 Å². The molecule has 2 aromatic heterocycles. The van der Waals surface area contributed by atoms with E-state index < -0.39 is 0 Å². The lowest BCUT2D eigenvalue weighted by molar-refractivity contribution is 0.340. The molecular weight excluding hydrogens is 484 g/mol. The minimum atomic E-state index is -0.170. The molecule has 37 heavy (non-hydrogen) atoms. The second-order valence-corrected chi connectivity index (χ2v) is 12.1. The topological polar surface area (TPSA) is 129 Å². The third-order valence-electron chi connectivity index (χ3n) is 8.40. The number of nitrogens with zero attached hydrogens (tertiary/aromatic N) is 5. The van der Waals surface area contributed by atoms with Gasteiger partial charge in [-0.2, -0.15) is 15.3 Å². The number of nitrogens with one attached hydrogen (secondary N) is 2. The molecule has 192 valence electrons. The first kappa shape index (κ1) is 24.2. The summed E-state index contributed by atoms with van der Waals surface area (Å²) in [7, 11) is 1.76. The van der Waals surface area contributed by atoms with Crippen molar-refractivity contribution in [2.24, 2.45) is 18.7 Å². The maximum absolute atomic E-state index is 13.5. The van der Waals surface area contributed by atoms with Gasteiger partial charge in [0.05, 0.1) is 23.2 Å². The first-order valence-corrected chi connectivity index (χ1v) is 13.9. The summed E-state index contributed by atoms with van der Waals surface area (Å²) < 4.78 is 1.64. The third-order valence-corrected chi connectivity index (χ3v) is 10.3. The van der Waals surface area contributed by atoms with E-state index in [0.29, 0.717) is 39.2 Å². The van der Waals surface area contributed by atoms with Crippen molar-refractivity contribution in [1.29, 1.82) is 5.26 Å². The van der Waals surface area contributed by atoms with Gasteiger partial charge in [0.25, 0.3) is 5.56 Å². The fourth-order valence-electron chi connectivity index (χ4n) is 6.16. The van der Waals surface area contributed by atoms with E-state index in [9.17, 15) is 10.1 Å². The summed E-state index contributed by atoms with van der Waals surface area (Å²) >= 11 is 2.06. The highest BCUT2D eigenvalue weighted by atomic mass is 32.2. The van der Waals surface area contributed by atoms with E-state index in [4.69, 9.17) is 10.7 Å². The van der Waals surface area contributed by atoms with Gasteiger partial charge in [0.1, 0.15) is 11.1 Å². The number of rotatable bonds is 4. The average molecular weight is 517 g/mol. The zero-order chi connectivity index (χ0) is 25.7. The molecule has 1 aromatic carbocycles. The van der Waals surface area contributed by atoms with Gasteiger partial charge >= 0.3 is 0 Å². The van der Waals surface area contributed by atoms with E-state index in [1.54, 1.807) is 29.8 Å². The van der Waals surface area contributed by atoms with Gasteiger partial charge in [-0.15, -0.1) is 11.8 Å². The standard InChI is InChI=1S/C27H32N8OS/c1-16(19-9-5-6-17(14-19)15-28)21-20-22(33-32-21)30-26(34(2)24(20)36)35-12-10-27(11-13-35)25(29)31-23(37-27)18-7-3-4-8-18/h5-6,9,14,18,23,25,31H,1,3-4,7-8,10-13,29H2,2H3,(H,32,33)/t23-,25-/m0/s1. The van der Waals surface area contributed by atoms with Crippen LogP contribution in [0.5, 0.6) is 0 Å². The Kier molecular flexibility index (Phi) is 6.10. The lowest BCUT2D eigenvalue weighted by Crippen LogP contribution is -2.55. The van der Waals surface area contributed by atoms with Crippen molar-refractivity contribution in [2.45, 2.75) is 54.8 Å². The Labute approximate surface area is 220 Å². The summed E-state index contributed by atoms with van der Waals surface area (Å²) in [4.78, 5) is 20.5. The molecule has 2 aliphatic heterocycles. The first-order valence-electron chi connectivity index (χ1n) is 13.0. The highest BCUT2D eigenvalue weighted by Crippen LogP contribution is 2.49. The predicted molar refractivity (Wildman–Crippen MR) is 147 cm³/mol. The van der Waals surface area contributed by atoms with Crippen LogP contribution in [0.3, 0.4) is 0 Å². The van der Waals surface area contributed by atoms with Gasteiger partial charge < -0.3 is 10.6 Å². The normalized spacial score (nSPS) is 23.6. The van der Waals surface area contributed by atoms with Gasteiger partial charge in [-0.1, -0.05) is 31.6 Å². The molecule has 0 radical (unpaired) electrons. The largest absolute Gasteiger partial charge is 0.342 e. The van der Waals surface area contributed by atoms with E-state index in [1.165, 1.54) is 25.7 Å². The number of aromatic nitrogens is 4. The average Bonchev–Trinajstić information content (AvgIpc) is 3.67. The fraction of sp³-hybridized carbons (Fsp3) is 0.481. The molecule has 2 atom stereocenters. The van der Waals surface area contributed by atoms with Crippen molar-refractivity contribution in [1.82, 2.24) is 25.1 Å². The lowest BCUT2D eigenvalue weighted by atomic mass is 9.92. The van der Waals surface area contributed by atoms with Crippen molar-refractivity contribution in [2.75, 3.05) is 18.0 Å². The van der Waals surface area contributed by atoms with Crippen LogP contribution in [0.4, 0.5) is 5.95 Å². The summed E-state index contributed by atoms with van der Waals surface area (Å²) in [6.07, 6.45) is 7.15. The number of benzene rings is 1. The Morgan fingerprint density at radius 2 is 2.05 bits per heavy atom. The van der Waals surface area contributed by atoms with Crippen molar-refractivity contribution in [3.05, 3.63) is 58.0 Å². The van der Waals surface area contributed by atoms with E-state index >= 15 is 0 Å². The number of aromatic amines is 1. The van der Waals surface area contributed by atoms with Crippen molar-refractivity contribution in [3.8, 4) is 6.07 Å². The van der Waals surface area contributed by atoms with Crippen LogP contribution in [-0.2, 0) is 7.05 Å². The van der Waals surface area contributed by atoms with Crippen LogP contribution in [0.25, 0.3) is 16.6 Å². The van der Waals surface area contributed by atoms with Crippen molar-refractivity contribution >= 4 is 34.3 Å². The molecule has 4 N–H and O–H groups in total. The number of thioether (sulfide) groups is 1. The van der Waals surface area contributed by atoms with Crippen LogP contribution in [0.1, 0.15) is 55.3 Å². The number of hydrogen-bond acceptors (Lipinski definition) is 8. The van der Waals surface area contributed by atoms with Crippen molar-refractivity contribution < 1.29 is 0 Å². The van der Waals surface area contributed by atoms with Gasteiger partial charge in [-0.3, -0.25) is 19.8 Å². The van der Waals surface area contributed by atoms with Gasteiger partial charge in [0.15, 0.2) is 5.65 Å². The molecule has 9 nitrogen and oxygen atoms in total. The van der Waals surface area contributed by atoms with Crippen LogP contribution in [0.15, 0.2) is 35.6 Å². The Bertz CT molecular complexity index is 1460. The summed E-state index contributed by atoms with van der Waals surface area (Å²) in [6, 6.07) is 9.28. The second-order valence-electron chi connectivity index (χ2n) is 10.5. The lowest BCUT2D eigenvalue weighted by Gasteiger charge is -2.41. The van der Waals surface area contributed by atoms with E-state index in [0.717, 1.165) is 37.4 Å². The molecule has 6 rings (SSSR count). The van der Waals surface area contributed by atoms with Crippen LogP contribution < -0.4 is 21.5 Å². The Hall–Kier alpha value is -3.13. The maximum atomic E-state index is 13.5. The summed E-state index contributed by atoms with van der Waals surface area (Å²) in [5.41, 5.74) is 9.23. The van der Waals surface area contributed by atoms with Crippen LogP contribution in [-0.4, -0.2) is 49.1 Å². The molecule has 3 aliphatic rings. The Balaban J connectivity index is 1.24. The molecule has 10 heteroatoms. The van der Waals surface area contributed by atoms with Crippen LogP contribution in [0.2, 0.25) is 0 Å². The van der Waals surface area contributed by atoms with Gasteiger partial charge in [-0.25, -0.2) is 0 Å². The molecule has 3 aromatic rings. The Morgan fingerprint density at radius 3 is 2.78 bits per heavy atom. The van der Waals surface area contributed by atoms with Crippen LogP contribution >= 0.6 is 11.8 Å². The molecule has 0 unspecified atom stereocenters. The third kappa shape index (κ3) is 4.06. The number of H-pyrrole nitrogens is 1. The van der Waals surface area contributed by atoms with Gasteiger partial charge in [-0.05, 0) is 49.3 Å². The number of fused-ring (bicyclic) bond motifs is 1. The minimum Gasteiger partial charge on any atom is -0.342 e. The molecular formula is C27H32N8OS. The minimum absolute atomic E-state index is 0.00905. The summed E-state index contributed by atoms with van der Waals surface area (Å²) in [5, 5.41) is 21.2. The number of hydrogen-bond donors (Lipinski definition) is 3. The quantitative estimate of drug-likeness (QED) is 0.483. The second kappa shape index (κ2) is 9.31. The number of anilines is 1. The van der Waals surface area contributed by atoms with E-state index in [-0.39, 0.29) is 16.5 Å². The number of nitrogens with two attached hydrogens (primary N) is 1. The van der Waals surface area contributed by atoms with Gasteiger partial charge in [0.2, 0.25) is 5.95 Å². The molecule has 1 saturated carbocycles. The predicted octanol–water partition coefficient (Wildman–Crippen LogP) is 3.07. The summed E-state index contributed by atoms with van der Waals surface area (Å²) in [6.45, 7) is 5.74. The monoisotopic (exact) mass is 516 g/mol.